The third kappa shape index (κ3) is 3.01. The third-order valence-corrected chi connectivity index (χ3v) is 5.88. The molecular weight excluding hydrogens is 314 g/mol. The van der Waals surface area contributed by atoms with E-state index in [0.29, 0.717) is 17.2 Å². The zero-order valence-electron chi connectivity index (χ0n) is 10.7. The minimum Gasteiger partial charge on any atom is -0.454 e. The fourth-order valence-electron chi connectivity index (χ4n) is 1.86. The first-order chi connectivity index (χ1) is 10.0. The van der Waals surface area contributed by atoms with E-state index in [2.05, 4.69) is 5.32 Å². The number of anilines is 1. The summed E-state index contributed by atoms with van der Waals surface area (Å²) in [5.41, 5.74) is 0.464. The zero-order valence-corrected chi connectivity index (χ0v) is 12.4. The molecule has 1 aromatic carbocycles. The predicted molar refractivity (Wildman–Crippen MR) is 77.6 cm³/mol. The molecule has 110 valence electrons. The summed E-state index contributed by atoms with van der Waals surface area (Å²) in [6.07, 6.45) is 0. The van der Waals surface area contributed by atoms with Crippen molar-refractivity contribution in [3.63, 3.8) is 0 Å². The van der Waals surface area contributed by atoms with E-state index in [9.17, 15) is 13.2 Å². The highest BCUT2D eigenvalue weighted by Crippen LogP contribution is 2.34. The monoisotopic (exact) mass is 325 g/mol. The molecule has 6 nitrogen and oxygen atoms in total. The maximum absolute atomic E-state index is 12.0. The topological polar surface area (TPSA) is 81.7 Å². The number of sulfone groups is 1. The molecule has 0 radical (unpaired) electrons. The van der Waals surface area contributed by atoms with Crippen molar-refractivity contribution in [2.45, 2.75) is 4.21 Å². The number of amides is 1. The van der Waals surface area contributed by atoms with Crippen LogP contribution in [0.3, 0.4) is 0 Å². The van der Waals surface area contributed by atoms with Crippen molar-refractivity contribution in [3.05, 3.63) is 35.7 Å². The molecule has 0 unspecified atom stereocenters. The average molecular weight is 325 g/mol. The molecule has 1 aromatic heterocycles. The summed E-state index contributed by atoms with van der Waals surface area (Å²) in [5, 5.41) is 4.20. The molecule has 2 heterocycles. The Morgan fingerprint density at radius 3 is 2.81 bits per heavy atom. The van der Waals surface area contributed by atoms with Gasteiger partial charge in [0.1, 0.15) is 9.96 Å². The maximum atomic E-state index is 12.0. The molecule has 0 saturated heterocycles. The second kappa shape index (κ2) is 5.38. The lowest BCUT2D eigenvalue weighted by Crippen LogP contribution is -2.22. The minimum atomic E-state index is -3.60. The van der Waals surface area contributed by atoms with Gasteiger partial charge in [0, 0.05) is 11.8 Å². The van der Waals surface area contributed by atoms with Crippen molar-refractivity contribution in [1.29, 1.82) is 0 Å². The quantitative estimate of drug-likeness (QED) is 0.928. The molecule has 1 aliphatic heterocycles. The maximum Gasteiger partial charge on any atom is 0.239 e. The summed E-state index contributed by atoms with van der Waals surface area (Å²) in [4.78, 5) is 11.9. The fourth-order valence-corrected chi connectivity index (χ4v) is 4.08. The number of nitrogens with one attached hydrogen (secondary N) is 1. The largest absolute Gasteiger partial charge is 0.454 e. The Balaban J connectivity index is 1.70. The van der Waals surface area contributed by atoms with Gasteiger partial charge in [-0.25, -0.2) is 8.42 Å². The van der Waals surface area contributed by atoms with Gasteiger partial charge in [-0.15, -0.1) is 11.3 Å². The van der Waals surface area contributed by atoms with Gasteiger partial charge in [-0.05, 0) is 23.6 Å². The van der Waals surface area contributed by atoms with Gasteiger partial charge < -0.3 is 14.8 Å². The normalized spacial score (nSPS) is 13.1. The first-order valence-electron chi connectivity index (χ1n) is 6.00. The summed E-state index contributed by atoms with van der Waals surface area (Å²) in [6.45, 7) is 0.138. The predicted octanol–water partition coefficient (Wildman–Crippen LogP) is 1.89. The van der Waals surface area contributed by atoms with E-state index in [1.807, 2.05) is 0 Å². The number of rotatable bonds is 4. The lowest BCUT2D eigenvalue weighted by Gasteiger charge is -2.06. The fraction of sp³-hybridized carbons (Fsp3) is 0.154. The van der Waals surface area contributed by atoms with Gasteiger partial charge in [0.05, 0.1) is 0 Å². The Bertz CT molecular complexity index is 768. The van der Waals surface area contributed by atoms with Crippen LogP contribution in [-0.2, 0) is 14.6 Å². The molecule has 0 spiro atoms. The summed E-state index contributed by atoms with van der Waals surface area (Å²) in [7, 11) is -3.60. The number of hydrogen-bond donors (Lipinski definition) is 1. The molecule has 3 rings (SSSR count). The van der Waals surface area contributed by atoms with Crippen LogP contribution in [0, 0.1) is 0 Å². The Labute approximate surface area is 125 Å². The first-order valence-corrected chi connectivity index (χ1v) is 8.53. The highest BCUT2D eigenvalue weighted by molar-refractivity contribution is 7.94. The number of carbonyl (C=O) groups is 1. The van der Waals surface area contributed by atoms with Crippen molar-refractivity contribution in [2.24, 2.45) is 0 Å². The van der Waals surface area contributed by atoms with E-state index in [1.165, 1.54) is 6.07 Å². The Kier molecular flexibility index (Phi) is 3.56. The number of fused-ring (bicyclic) bond motifs is 1. The number of carbonyl (C=O) groups excluding carboxylic acids is 1. The molecule has 1 N–H and O–H groups in total. The van der Waals surface area contributed by atoms with Gasteiger partial charge in [-0.1, -0.05) is 6.07 Å². The second-order valence-electron chi connectivity index (χ2n) is 4.31. The van der Waals surface area contributed by atoms with E-state index in [0.717, 1.165) is 11.3 Å². The number of ether oxygens (including phenoxy) is 2. The van der Waals surface area contributed by atoms with Gasteiger partial charge >= 0.3 is 0 Å². The molecule has 8 heteroatoms. The first kappa shape index (κ1) is 13.9. The van der Waals surface area contributed by atoms with Crippen molar-refractivity contribution >= 4 is 32.8 Å². The average Bonchev–Trinajstić information content (AvgIpc) is 3.09. The van der Waals surface area contributed by atoms with Crippen LogP contribution in [0.5, 0.6) is 11.5 Å². The summed E-state index contributed by atoms with van der Waals surface area (Å²) < 4.78 is 34.5. The van der Waals surface area contributed by atoms with Gasteiger partial charge in [-0.3, -0.25) is 4.79 Å². The van der Waals surface area contributed by atoms with Gasteiger partial charge in [0.15, 0.2) is 21.3 Å². The molecule has 1 aliphatic rings. The SMILES string of the molecule is O=C(CS(=O)(=O)c1cccs1)Nc1ccc2c(c1)OCO2. The van der Waals surface area contributed by atoms with Crippen molar-refractivity contribution in [1.82, 2.24) is 0 Å². The van der Waals surface area contributed by atoms with Crippen LogP contribution in [0.25, 0.3) is 0 Å². The smallest absolute Gasteiger partial charge is 0.239 e. The van der Waals surface area contributed by atoms with Crippen molar-refractivity contribution < 1.29 is 22.7 Å². The second-order valence-corrected chi connectivity index (χ2v) is 7.47. The van der Waals surface area contributed by atoms with Crippen LogP contribution >= 0.6 is 11.3 Å². The van der Waals surface area contributed by atoms with E-state index < -0.39 is 21.5 Å². The van der Waals surface area contributed by atoms with Gasteiger partial charge in [0.2, 0.25) is 12.7 Å². The van der Waals surface area contributed by atoms with Crippen LogP contribution in [-0.4, -0.2) is 26.9 Å². The van der Waals surface area contributed by atoms with E-state index in [4.69, 9.17) is 9.47 Å². The van der Waals surface area contributed by atoms with Crippen molar-refractivity contribution in [3.8, 4) is 11.5 Å². The number of hydrogen-bond acceptors (Lipinski definition) is 6. The third-order valence-electron chi connectivity index (χ3n) is 2.78. The lowest BCUT2D eigenvalue weighted by molar-refractivity contribution is -0.113. The lowest BCUT2D eigenvalue weighted by atomic mass is 10.3. The van der Waals surface area contributed by atoms with Gasteiger partial charge in [-0.2, -0.15) is 0 Å². The molecule has 0 bridgehead atoms. The molecule has 0 aliphatic carbocycles. The number of thiophene rings is 1. The van der Waals surface area contributed by atoms with Crippen LogP contribution in [0.2, 0.25) is 0 Å². The summed E-state index contributed by atoms with van der Waals surface area (Å²) in [6, 6.07) is 7.99. The van der Waals surface area contributed by atoms with E-state index in [1.54, 1.807) is 29.6 Å². The Morgan fingerprint density at radius 1 is 1.24 bits per heavy atom. The molecule has 0 saturated carbocycles. The summed E-state index contributed by atoms with van der Waals surface area (Å²) >= 11 is 1.09. The molecule has 1 amide bonds. The molecule has 21 heavy (non-hydrogen) atoms. The summed E-state index contributed by atoms with van der Waals surface area (Å²) in [5.74, 6) is -0.0718. The van der Waals surface area contributed by atoms with Crippen LogP contribution in [0.1, 0.15) is 0 Å². The molecule has 2 aromatic rings. The van der Waals surface area contributed by atoms with Crippen LogP contribution in [0.15, 0.2) is 39.9 Å². The number of benzene rings is 1. The van der Waals surface area contributed by atoms with E-state index in [-0.39, 0.29) is 11.0 Å². The van der Waals surface area contributed by atoms with Crippen LogP contribution < -0.4 is 14.8 Å². The minimum absolute atomic E-state index is 0.138. The molecule has 0 atom stereocenters. The standard InChI is InChI=1S/C13H11NO5S2/c15-12(7-21(16,17)13-2-1-5-20-13)14-9-3-4-10-11(6-9)19-8-18-10/h1-6H,7-8H2,(H,14,15). The molecular formula is C13H11NO5S2. The highest BCUT2D eigenvalue weighted by atomic mass is 32.2. The Morgan fingerprint density at radius 2 is 2.05 bits per heavy atom. The highest BCUT2D eigenvalue weighted by Gasteiger charge is 2.21. The van der Waals surface area contributed by atoms with E-state index >= 15 is 0 Å². The van der Waals surface area contributed by atoms with Crippen LogP contribution in [0.4, 0.5) is 5.69 Å². The van der Waals surface area contributed by atoms with Crippen molar-refractivity contribution in [2.75, 3.05) is 17.9 Å². The Hall–Kier alpha value is -2.06. The zero-order chi connectivity index (χ0) is 14.9. The molecule has 0 fully saturated rings. The van der Waals surface area contributed by atoms with Gasteiger partial charge in [0.25, 0.3) is 0 Å².